The SMILES string of the molecule is N#CCC1(CSC(N)=NN)CC1. The Kier molecular flexibility index (Phi) is 2.82. The number of nitriles is 1. The van der Waals surface area contributed by atoms with Crippen LogP contribution in [0.3, 0.4) is 0 Å². The minimum Gasteiger partial charge on any atom is -0.377 e. The van der Waals surface area contributed by atoms with Gasteiger partial charge in [-0.25, -0.2) is 0 Å². The van der Waals surface area contributed by atoms with Crippen molar-refractivity contribution in [3.8, 4) is 6.07 Å². The van der Waals surface area contributed by atoms with E-state index < -0.39 is 0 Å². The lowest BCUT2D eigenvalue weighted by Crippen LogP contribution is -2.13. The minimum absolute atomic E-state index is 0.217. The van der Waals surface area contributed by atoms with Crippen molar-refractivity contribution >= 4 is 16.9 Å². The molecule has 0 bridgehead atoms. The molecule has 1 rings (SSSR count). The maximum Gasteiger partial charge on any atom is 0.177 e. The van der Waals surface area contributed by atoms with Crippen LogP contribution in [-0.2, 0) is 0 Å². The lowest BCUT2D eigenvalue weighted by Gasteiger charge is -2.08. The molecule has 4 nitrogen and oxygen atoms in total. The van der Waals surface area contributed by atoms with E-state index in [1.54, 1.807) is 0 Å². The smallest absolute Gasteiger partial charge is 0.177 e. The number of hydrazone groups is 1. The average molecular weight is 184 g/mol. The van der Waals surface area contributed by atoms with Crippen LogP contribution in [0.4, 0.5) is 0 Å². The molecule has 0 heterocycles. The van der Waals surface area contributed by atoms with Crippen molar-refractivity contribution in [2.75, 3.05) is 5.75 Å². The fourth-order valence-electron chi connectivity index (χ4n) is 0.981. The molecule has 0 unspecified atom stereocenters. The lowest BCUT2D eigenvalue weighted by molar-refractivity contribution is 0.605. The monoisotopic (exact) mass is 184 g/mol. The highest BCUT2D eigenvalue weighted by molar-refractivity contribution is 8.13. The summed E-state index contributed by atoms with van der Waals surface area (Å²) in [5, 5.41) is 12.3. The van der Waals surface area contributed by atoms with E-state index in [2.05, 4.69) is 11.2 Å². The summed E-state index contributed by atoms with van der Waals surface area (Å²) in [7, 11) is 0. The van der Waals surface area contributed by atoms with Crippen LogP contribution in [0.15, 0.2) is 5.10 Å². The van der Waals surface area contributed by atoms with E-state index in [1.807, 2.05) is 0 Å². The summed E-state index contributed by atoms with van der Waals surface area (Å²) in [4.78, 5) is 0. The Hall–Kier alpha value is -0.890. The van der Waals surface area contributed by atoms with Crippen molar-refractivity contribution in [2.45, 2.75) is 19.3 Å². The van der Waals surface area contributed by atoms with Crippen LogP contribution in [0.5, 0.6) is 0 Å². The van der Waals surface area contributed by atoms with Gasteiger partial charge < -0.3 is 11.6 Å². The zero-order valence-electron chi connectivity index (χ0n) is 6.79. The highest BCUT2D eigenvalue weighted by Crippen LogP contribution is 2.50. The van der Waals surface area contributed by atoms with E-state index in [4.69, 9.17) is 16.8 Å². The van der Waals surface area contributed by atoms with Crippen LogP contribution in [0.25, 0.3) is 0 Å². The molecule has 0 aliphatic heterocycles. The third-order valence-corrected chi connectivity index (χ3v) is 3.22. The lowest BCUT2D eigenvalue weighted by atomic mass is 10.1. The second kappa shape index (κ2) is 3.68. The molecule has 1 aliphatic carbocycles. The summed E-state index contributed by atoms with van der Waals surface area (Å²) in [5.41, 5.74) is 5.63. The first kappa shape index (κ1) is 9.20. The molecule has 0 radical (unpaired) electrons. The summed E-state index contributed by atoms with van der Waals surface area (Å²) in [6.45, 7) is 0. The van der Waals surface area contributed by atoms with Gasteiger partial charge in [0.05, 0.1) is 6.07 Å². The number of thioether (sulfide) groups is 1. The second-order valence-corrected chi connectivity index (χ2v) is 4.09. The van der Waals surface area contributed by atoms with Gasteiger partial charge in [0, 0.05) is 12.2 Å². The Morgan fingerprint density at radius 1 is 1.67 bits per heavy atom. The van der Waals surface area contributed by atoms with Crippen molar-refractivity contribution in [1.29, 1.82) is 5.26 Å². The number of nitrogens with two attached hydrogens (primary N) is 2. The molecule has 4 N–H and O–H groups in total. The van der Waals surface area contributed by atoms with Crippen molar-refractivity contribution in [1.82, 2.24) is 0 Å². The van der Waals surface area contributed by atoms with Crippen molar-refractivity contribution in [3.05, 3.63) is 0 Å². The maximum atomic E-state index is 8.52. The van der Waals surface area contributed by atoms with Crippen molar-refractivity contribution in [3.63, 3.8) is 0 Å². The van der Waals surface area contributed by atoms with E-state index in [9.17, 15) is 0 Å². The molecule has 0 aromatic rings. The normalized spacial score (nSPS) is 20.1. The average Bonchev–Trinajstić information content (AvgIpc) is 2.82. The van der Waals surface area contributed by atoms with Gasteiger partial charge in [-0.3, -0.25) is 0 Å². The molecular formula is C7H12N4S. The molecule has 0 atom stereocenters. The topological polar surface area (TPSA) is 88.2 Å². The maximum absolute atomic E-state index is 8.52. The molecular weight excluding hydrogens is 172 g/mol. The molecule has 66 valence electrons. The summed E-state index contributed by atoms with van der Waals surface area (Å²) < 4.78 is 0. The van der Waals surface area contributed by atoms with Gasteiger partial charge in [-0.05, 0) is 18.3 Å². The molecule has 0 saturated heterocycles. The molecule has 1 aliphatic rings. The molecule has 0 aromatic carbocycles. The van der Waals surface area contributed by atoms with Gasteiger partial charge in [-0.15, -0.1) is 0 Å². The number of amidine groups is 1. The molecule has 12 heavy (non-hydrogen) atoms. The fourth-order valence-corrected chi connectivity index (χ4v) is 1.90. The summed E-state index contributed by atoms with van der Waals surface area (Å²) in [6.07, 6.45) is 2.88. The van der Waals surface area contributed by atoms with Gasteiger partial charge in [0.1, 0.15) is 0 Å². The summed E-state index contributed by atoms with van der Waals surface area (Å²) >= 11 is 1.44. The van der Waals surface area contributed by atoms with E-state index in [0.29, 0.717) is 11.6 Å². The molecule has 1 fully saturated rings. The quantitative estimate of drug-likeness (QED) is 0.291. The zero-order valence-corrected chi connectivity index (χ0v) is 7.60. The minimum atomic E-state index is 0.217. The predicted molar refractivity (Wildman–Crippen MR) is 50.2 cm³/mol. The first-order chi connectivity index (χ1) is 5.72. The van der Waals surface area contributed by atoms with Crippen LogP contribution in [-0.4, -0.2) is 10.9 Å². The highest BCUT2D eigenvalue weighted by Gasteiger charge is 2.42. The van der Waals surface area contributed by atoms with E-state index in [-0.39, 0.29) is 5.41 Å². The van der Waals surface area contributed by atoms with Crippen molar-refractivity contribution in [2.24, 2.45) is 22.1 Å². The third-order valence-electron chi connectivity index (χ3n) is 2.06. The molecule has 1 saturated carbocycles. The van der Waals surface area contributed by atoms with Crippen LogP contribution in [0, 0.1) is 16.7 Å². The van der Waals surface area contributed by atoms with Crippen LogP contribution < -0.4 is 11.6 Å². The van der Waals surface area contributed by atoms with Crippen LogP contribution >= 0.6 is 11.8 Å². The molecule has 0 aromatic heterocycles. The Labute approximate surface area is 76.0 Å². The van der Waals surface area contributed by atoms with E-state index in [0.717, 1.165) is 18.6 Å². The predicted octanol–water partition coefficient (Wildman–Crippen LogP) is 0.602. The fraction of sp³-hybridized carbons (Fsp3) is 0.714. The Bertz CT molecular complexity index is 226. The summed E-state index contributed by atoms with van der Waals surface area (Å²) in [5.74, 6) is 5.84. The number of hydrogen-bond acceptors (Lipinski definition) is 4. The number of nitrogens with zero attached hydrogens (tertiary/aromatic N) is 2. The first-order valence-corrected chi connectivity index (χ1v) is 4.74. The Morgan fingerprint density at radius 3 is 2.75 bits per heavy atom. The van der Waals surface area contributed by atoms with E-state index in [1.165, 1.54) is 11.8 Å². The van der Waals surface area contributed by atoms with Gasteiger partial charge >= 0.3 is 0 Å². The second-order valence-electron chi connectivity index (χ2n) is 3.09. The third kappa shape index (κ3) is 2.31. The van der Waals surface area contributed by atoms with Crippen LogP contribution in [0.2, 0.25) is 0 Å². The number of hydrogen-bond donors (Lipinski definition) is 2. The van der Waals surface area contributed by atoms with Gasteiger partial charge in [0.2, 0.25) is 0 Å². The van der Waals surface area contributed by atoms with Gasteiger partial charge in [-0.1, -0.05) is 11.8 Å². The Balaban J connectivity index is 2.28. The molecule has 0 spiro atoms. The van der Waals surface area contributed by atoms with Gasteiger partial charge in [-0.2, -0.15) is 10.4 Å². The van der Waals surface area contributed by atoms with Gasteiger partial charge in [0.15, 0.2) is 5.17 Å². The van der Waals surface area contributed by atoms with Crippen molar-refractivity contribution < 1.29 is 0 Å². The van der Waals surface area contributed by atoms with Gasteiger partial charge in [0.25, 0.3) is 0 Å². The summed E-state index contributed by atoms with van der Waals surface area (Å²) in [6, 6.07) is 2.19. The van der Waals surface area contributed by atoms with Crippen LogP contribution in [0.1, 0.15) is 19.3 Å². The largest absolute Gasteiger partial charge is 0.377 e. The number of rotatable bonds is 3. The van der Waals surface area contributed by atoms with E-state index >= 15 is 0 Å². The standard InChI is InChI=1S/C7H12N4S/c8-4-3-7(1-2-7)5-12-6(9)11-10/h1-3,5,10H2,(H2,9,11). The first-order valence-electron chi connectivity index (χ1n) is 3.75. The zero-order chi connectivity index (χ0) is 9.03. The Morgan fingerprint density at radius 2 is 2.33 bits per heavy atom. The molecule has 5 heteroatoms. The highest BCUT2D eigenvalue weighted by atomic mass is 32.2. The molecule has 0 amide bonds.